The smallest absolute Gasteiger partial charge is 0.249 e. The molecule has 4 rings (SSSR count). The fourth-order valence-electron chi connectivity index (χ4n) is 3.67. The van der Waals surface area contributed by atoms with Crippen molar-refractivity contribution in [2.45, 2.75) is 25.8 Å². The Bertz CT molecular complexity index is 1180. The second kappa shape index (κ2) is 10.0. The summed E-state index contributed by atoms with van der Waals surface area (Å²) >= 11 is 1.38. The summed E-state index contributed by atoms with van der Waals surface area (Å²) in [6, 6.07) is 15.6. The van der Waals surface area contributed by atoms with Crippen LogP contribution in [0, 0.1) is 11.3 Å². The highest BCUT2D eigenvalue weighted by atomic mass is 32.1. The molecule has 1 aromatic carbocycles. The van der Waals surface area contributed by atoms with E-state index < -0.39 is 0 Å². The third-order valence-electron chi connectivity index (χ3n) is 5.34. The number of hydrogen-bond acceptors (Lipinski definition) is 5. The first kappa shape index (κ1) is 21.5. The summed E-state index contributed by atoms with van der Waals surface area (Å²) in [7, 11) is 0. The second-order valence-corrected chi connectivity index (χ2v) is 8.58. The maximum absolute atomic E-state index is 12.7. The van der Waals surface area contributed by atoms with Crippen LogP contribution in [0.4, 0.5) is 5.00 Å². The molecule has 1 aliphatic rings. The van der Waals surface area contributed by atoms with Gasteiger partial charge in [0.25, 0.3) is 0 Å². The molecule has 6 nitrogen and oxygen atoms in total. The molecule has 160 valence electrons. The minimum absolute atomic E-state index is 0.0859. The van der Waals surface area contributed by atoms with Gasteiger partial charge in [-0.15, -0.1) is 11.3 Å². The summed E-state index contributed by atoms with van der Waals surface area (Å²) in [6.07, 6.45) is 8.38. The Morgan fingerprint density at radius 3 is 2.81 bits per heavy atom. The number of anilines is 1. The van der Waals surface area contributed by atoms with Crippen LogP contribution in [0.1, 0.15) is 33.6 Å². The largest absolute Gasteiger partial charge is 0.337 e. The molecule has 2 amide bonds. The Kier molecular flexibility index (Phi) is 6.73. The average Bonchev–Trinajstić information content (AvgIpc) is 3.18. The molecule has 0 bridgehead atoms. The summed E-state index contributed by atoms with van der Waals surface area (Å²) in [5, 5.41) is 13.1. The van der Waals surface area contributed by atoms with Crippen LogP contribution in [0.15, 0.2) is 60.9 Å². The number of nitrogens with zero attached hydrogens (tertiary/aromatic N) is 3. The number of rotatable bonds is 6. The number of benzene rings is 1. The number of aromatic nitrogens is 1. The minimum Gasteiger partial charge on any atom is -0.337 e. The van der Waals surface area contributed by atoms with Gasteiger partial charge in [0, 0.05) is 36.3 Å². The molecule has 0 aliphatic carbocycles. The first-order valence-corrected chi connectivity index (χ1v) is 11.2. The Labute approximate surface area is 190 Å². The number of carbonyl (C=O) groups excluding carboxylic acids is 2. The quantitative estimate of drug-likeness (QED) is 0.580. The standard InChI is InChI=1S/C25H22N4O2S/c26-15-21-20-12-14-29(24(31)11-9-19-7-4-13-27-16-19)17-22(20)32-25(21)28-23(30)10-8-18-5-2-1-3-6-18/h1-8,10,13,16H,9,11-12,14,17H2,(H,28,30). The van der Waals surface area contributed by atoms with Crippen molar-refractivity contribution in [2.24, 2.45) is 0 Å². The van der Waals surface area contributed by atoms with Crippen molar-refractivity contribution in [3.8, 4) is 6.07 Å². The molecular formula is C25H22N4O2S. The fourth-order valence-corrected chi connectivity index (χ4v) is 4.88. The lowest BCUT2D eigenvalue weighted by atomic mass is 10.0. The second-order valence-electron chi connectivity index (χ2n) is 7.48. The number of thiophene rings is 1. The van der Waals surface area contributed by atoms with Crippen molar-refractivity contribution >= 4 is 34.2 Å². The van der Waals surface area contributed by atoms with Crippen LogP contribution in [-0.4, -0.2) is 28.2 Å². The van der Waals surface area contributed by atoms with E-state index >= 15 is 0 Å². The summed E-state index contributed by atoms with van der Waals surface area (Å²) in [5.41, 5.74) is 3.41. The highest BCUT2D eigenvalue weighted by Crippen LogP contribution is 2.36. The van der Waals surface area contributed by atoms with Gasteiger partial charge in [-0.2, -0.15) is 5.26 Å². The molecule has 2 aromatic heterocycles. The molecule has 3 heterocycles. The van der Waals surface area contributed by atoms with Crippen LogP contribution in [0.2, 0.25) is 0 Å². The van der Waals surface area contributed by atoms with E-state index in [1.54, 1.807) is 18.5 Å². The molecule has 0 unspecified atom stereocenters. The van der Waals surface area contributed by atoms with E-state index in [-0.39, 0.29) is 11.8 Å². The molecule has 1 N–H and O–H groups in total. The molecule has 1 aliphatic heterocycles. The van der Waals surface area contributed by atoms with Crippen molar-refractivity contribution in [3.05, 3.63) is 88.1 Å². The number of nitrogens with one attached hydrogen (secondary N) is 1. The van der Waals surface area contributed by atoms with Gasteiger partial charge in [-0.3, -0.25) is 14.6 Å². The van der Waals surface area contributed by atoms with Crippen LogP contribution >= 0.6 is 11.3 Å². The Morgan fingerprint density at radius 2 is 2.06 bits per heavy atom. The third-order valence-corrected chi connectivity index (χ3v) is 6.47. The van der Waals surface area contributed by atoms with E-state index in [1.807, 2.05) is 47.4 Å². The first-order valence-electron chi connectivity index (χ1n) is 10.4. The number of aryl methyl sites for hydroxylation is 1. The van der Waals surface area contributed by atoms with Crippen molar-refractivity contribution < 1.29 is 9.59 Å². The summed E-state index contributed by atoms with van der Waals surface area (Å²) < 4.78 is 0. The lowest BCUT2D eigenvalue weighted by Gasteiger charge is -2.27. The van der Waals surface area contributed by atoms with E-state index in [0.717, 1.165) is 21.6 Å². The van der Waals surface area contributed by atoms with Gasteiger partial charge in [-0.25, -0.2) is 0 Å². The van der Waals surface area contributed by atoms with E-state index in [0.29, 0.717) is 42.9 Å². The number of fused-ring (bicyclic) bond motifs is 1. The number of hydrogen-bond donors (Lipinski definition) is 1. The van der Waals surface area contributed by atoms with Gasteiger partial charge < -0.3 is 10.2 Å². The average molecular weight is 443 g/mol. The highest BCUT2D eigenvalue weighted by Gasteiger charge is 2.27. The van der Waals surface area contributed by atoms with Gasteiger partial charge in [0.1, 0.15) is 11.1 Å². The van der Waals surface area contributed by atoms with E-state index in [2.05, 4.69) is 16.4 Å². The zero-order valence-corrected chi connectivity index (χ0v) is 18.3. The molecule has 0 atom stereocenters. The number of carbonyl (C=O) groups is 2. The zero-order chi connectivity index (χ0) is 22.3. The monoisotopic (exact) mass is 442 g/mol. The Hall–Kier alpha value is -3.76. The Balaban J connectivity index is 1.41. The maximum atomic E-state index is 12.7. The lowest BCUT2D eigenvalue weighted by molar-refractivity contribution is -0.132. The molecule has 0 saturated heterocycles. The maximum Gasteiger partial charge on any atom is 0.249 e. The molecular weight excluding hydrogens is 420 g/mol. The minimum atomic E-state index is -0.284. The predicted molar refractivity (Wildman–Crippen MR) is 125 cm³/mol. The van der Waals surface area contributed by atoms with Gasteiger partial charge in [0.2, 0.25) is 11.8 Å². The van der Waals surface area contributed by atoms with Gasteiger partial charge >= 0.3 is 0 Å². The Morgan fingerprint density at radius 1 is 1.22 bits per heavy atom. The SMILES string of the molecule is N#Cc1c(NC(=O)C=Cc2ccccc2)sc2c1CCN(C(=O)CCc1cccnc1)C2. The third kappa shape index (κ3) is 5.10. The van der Waals surface area contributed by atoms with Gasteiger partial charge in [-0.05, 0) is 41.7 Å². The van der Waals surface area contributed by atoms with Crippen LogP contribution in [0.5, 0.6) is 0 Å². The predicted octanol–water partition coefficient (Wildman–Crippen LogP) is 4.18. The van der Waals surface area contributed by atoms with Crippen molar-refractivity contribution in [2.75, 3.05) is 11.9 Å². The summed E-state index contributed by atoms with van der Waals surface area (Å²) in [6.45, 7) is 1.04. The molecule has 3 aromatic rings. The summed E-state index contributed by atoms with van der Waals surface area (Å²) in [5.74, 6) is -0.198. The number of nitriles is 1. The van der Waals surface area contributed by atoms with E-state index in [1.165, 1.54) is 17.4 Å². The van der Waals surface area contributed by atoms with Crippen LogP contribution in [0.25, 0.3) is 6.08 Å². The number of pyridine rings is 1. The first-order chi connectivity index (χ1) is 15.6. The van der Waals surface area contributed by atoms with Crippen LogP contribution in [0.3, 0.4) is 0 Å². The summed E-state index contributed by atoms with van der Waals surface area (Å²) in [4.78, 5) is 32.0. The normalized spacial score (nSPS) is 12.9. The van der Waals surface area contributed by atoms with Gasteiger partial charge in [0.05, 0.1) is 12.1 Å². The van der Waals surface area contributed by atoms with Crippen molar-refractivity contribution in [1.29, 1.82) is 5.26 Å². The van der Waals surface area contributed by atoms with E-state index in [9.17, 15) is 14.9 Å². The number of amides is 2. The zero-order valence-electron chi connectivity index (χ0n) is 17.5. The van der Waals surface area contributed by atoms with E-state index in [4.69, 9.17) is 0 Å². The highest BCUT2D eigenvalue weighted by molar-refractivity contribution is 7.16. The topological polar surface area (TPSA) is 86.1 Å². The lowest BCUT2D eigenvalue weighted by Crippen LogP contribution is -2.35. The molecule has 0 spiro atoms. The molecule has 0 saturated carbocycles. The molecule has 0 radical (unpaired) electrons. The molecule has 7 heteroatoms. The van der Waals surface area contributed by atoms with Crippen LogP contribution < -0.4 is 5.32 Å². The molecule has 32 heavy (non-hydrogen) atoms. The van der Waals surface area contributed by atoms with Gasteiger partial charge in [-0.1, -0.05) is 36.4 Å². The molecule has 0 fully saturated rings. The fraction of sp³-hybridized carbons (Fsp3) is 0.200. The van der Waals surface area contributed by atoms with Crippen LogP contribution in [-0.2, 0) is 29.0 Å². The van der Waals surface area contributed by atoms with Gasteiger partial charge in [0.15, 0.2) is 0 Å². The van der Waals surface area contributed by atoms with Crippen molar-refractivity contribution in [3.63, 3.8) is 0 Å². The van der Waals surface area contributed by atoms with Crippen molar-refractivity contribution in [1.82, 2.24) is 9.88 Å².